The number of hydrogen-bond acceptors (Lipinski definition) is 2. The van der Waals surface area contributed by atoms with E-state index in [2.05, 4.69) is 13.8 Å². The molecule has 0 saturated heterocycles. The van der Waals surface area contributed by atoms with Crippen LogP contribution in [-0.4, -0.2) is 6.29 Å². The molecule has 0 fully saturated rings. The highest BCUT2D eigenvalue weighted by atomic mass is 16.5. The number of rotatable bonds is 3. The van der Waals surface area contributed by atoms with Gasteiger partial charge in [0, 0.05) is 5.56 Å². The maximum Gasteiger partial charge on any atom is 0.150 e. The van der Waals surface area contributed by atoms with Crippen LogP contribution >= 0.6 is 0 Å². The number of aldehydes is 1. The second-order valence-corrected chi connectivity index (χ2v) is 4.49. The molecule has 0 amide bonds. The Kier molecular flexibility index (Phi) is 3.47. The molecule has 0 unspecified atom stereocenters. The molecule has 0 heterocycles. The van der Waals surface area contributed by atoms with Gasteiger partial charge in [-0.2, -0.15) is 0 Å². The van der Waals surface area contributed by atoms with Gasteiger partial charge in [0.05, 0.1) is 0 Å². The molecule has 0 bridgehead atoms. The first-order valence-corrected chi connectivity index (χ1v) is 5.91. The Morgan fingerprint density at radius 2 is 1.61 bits per heavy atom. The van der Waals surface area contributed by atoms with Crippen LogP contribution in [0.4, 0.5) is 0 Å². The summed E-state index contributed by atoms with van der Waals surface area (Å²) in [6.45, 7) is 6.08. The van der Waals surface area contributed by atoms with Crippen molar-refractivity contribution in [2.24, 2.45) is 0 Å². The van der Waals surface area contributed by atoms with Gasteiger partial charge in [0.25, 0.3) is 0 Å². The normalized spacial score (nSPS) is 10.2. The van der Waals surface area contributed by atoms with Crippen molar-refractivity contribution in [1.29, 1.82) is 0 Å². The second-order valence-electron chi connectivity index (χ2n) is 4.49. The van der Waals surface area contributed by atoms with Crippen molar-refractivity contribution < 1.29 is 9.53 Å². The zero-order valence-electron chi connectivity index (χ0n) is 10.9. The third kappa shape index (κ3) is 2.59. The first-order chi connectivity index (χ1) is 8.60. The first kappa shape index (κ1) is 12.4. The molecule has 2 heteroatoms. The molecule has 2 nitrogen and oxygen atoms in total. The van der Waals surface area contributed by atoms with Crippen LogP contribution in [-0.2, 0) is 0 Å². The molecule has 0 radical (unpaired) electrons. The van der Waals surface area contributed by atoms with Gasteiger partial charge < -0.3 is 4.74 Å². The van der Waals surface area contributed by atoms with E-state index in [1.54, 1.807) is 12.1 Å². The Balaban J connectivity index is 2.33. The van der Waals surface area contributed by atoms with Crippen LogP contribution < -0.4 is 4.74 Å². The minimum absolute atomic E-state index is 0.624. The van der Waals surface area contributed by atoms with Crippen molar-refractivity contribution >= 4 is 6.29 Å². The highest BCUT2D eigenvalue weighted by Gasteiger charge is 2.04. The predicted molar refractivity (Wildman–Crippen MR) is 72.6 cm³/mol. The fourth-order valence-corrected chi connectivity index (χ4v) is 1.70. The van der Waals surface area contributed by atoms with Crippen molar-refractivity contribution in [1.82, 2.24) is 0 Å². The lowest BCUT2D eigenvalue weighted by Crippen LogP contribution is -1.91. The molecule has 0 saturated carbocycles. The summed E-state index contributed by atoms with van der Waals surface area (Å²) in [7, 11) is 0. The fraction of sp³-hybridized carbons (Fsp3) is 0.188. The van der Waals surface area contributed by atoms with Crippen LogP contribution in [0.15, 0.2) is 36.4 Å². The molecule has 0 aliphatic rings. The van der Waals surface area contributed by atoms with E-state index in [9.17, 15) is 4.79 Å². The Morgan fingerprint density at radius 3 is 2.28 bits per heavy atom. The Morgan fingerprint density at radius 1 is 0.889 bits per heavy atom. The quantitative estimate of drug-likeness (QED) is 0.751. The van der Waals surface area contributed by atoms with E-state index in [1.165, 1.54) is 11.1 Å². The first-order valence-electron chi connectivity index (χ1n) is 5.91. The molecule has 2 aromatic carbocycles. The number of carbonyl (C=O) groups excluding carboxylic acids is 1. The van der Waals surface area contributed by atoms with Crippen LogP contribution in [0.5, 0.6) is 11.5 Å². The molecule has 0 aliphatic heterocycles. The van der Waals surface area contributed by atoms with Crippen LogP contribution in [0.1, 0.15) is 27.0 Å². The highest BCUT2D eigenvalue weighted by molar-refractivity contribution is 5.76. The SMILES string of the molecule is Cc1ccc(Oc2cc(C=O)ccc2C)cc1C. The van der Waals surface area contributed by atoms with Crippen molar-refractivity contribution in [3.63, 3.8) is 0 Å². The zero-order chi connectivity index (χ0) is 13.1. The average Bonchev–Trinajstić information content (AvgIpc) is 2.36. The monoisotopic (exact) mass is 240 g/mol. The third-order valence-electron chi connectivity index (χ3n) is 3.05. The molecular formula is C16H16O2. The number of aryl methyl sites for hydroxylation is 3. The molecule has 0 spiro atoms. The van der Waals surface area contributed by atoms with E-state index in [0.29, 0.717) is 5.56 Å². The van der Waals surface area contributed by atoms with E-state index < -0.39 is 0 Å². The molecule has 0 aromatic heterocycles. The van der Waals surface area contributed by atoms with E-state index in [-0.39, 0.29) is 0 Å². The topological polar surface area (TPSA) is 26.3 Å². The maximum absolute atomic E-state index is 10.8. The molecule has 18 heavy (non-hydrogen) atoms. The molecule has 0 aliphatic carbocycles. The molecule has 2 rings (SSSR count). The standard InChI is InChI=1S/C16H16O2/c1-11-5-7-15(8-13(11)3)18-16-9-14(10-17)6-4-12(16)2/h4-10H,1-3H3. The van der Waals surface area contributed by atoms with E-state index >= 15 is 0 Å². The van der Waals surface area contributed by atoms with Gasteiger partial charge in [0.15, 0.2) is 0 Å². The van der Waals surface area contributed by atoms with Gasteiger partial charge in [0.2, 0.25) is 0 Å². The number of hydrogen-bond donors (Lipinski definition) is 0. The molecular weight excluding hydrogens is 224 g/mol. The van der Waals surface area contributed by atoms with Crippen molar-refractivity contribution in [2.75, 3.05) is 0 Å². The lowest BCUT2D eigenvalue weighted by atomic mass is 10.1. The van der Waals surface area contributed by atoms with Crippen molar-refractivity contribution in [2.45, 2.75) is 20.8 Å². The number of carbonyl (C=O) groups is 1. The molecule has 92 valence electrons. The lowest BCUT2D eigenvalue weighted by molar-refractivity contribution is 0.112. The second kappa shape index (κ2) is 5.05. The van der Waals surface area contributed by atoms with E-state index in [4.69, 9.17) is 4.74 Å². The van der Waals surface area contributed by atoms with Crippen molar-refractivity contribution in [3.8, 4) is 11.5 Å². The molecule has 0 atom stereocenters. The summed E-state index contributed by atoms with van der Waals surface area (Å²) in [5.74, 6) is 1.52. The van der Waals surface area contributed by atoms with Gasteiger partial charge in [-0.1, -0.05) is 18.2 Å². The summed E-state index contributed by atoms with van der Waals surface area (Å²) in [6, 6.07) is 11.4. The minimum Gasteiger partial charge on any atom is -0.457 e. The maximum atomic E-state index is 10.8. The molecule has 2 aromatic rings. The van der Waals surface area contributed by atoms with E-state index in [0.717, 1.165) is 23.3 Å². The van der Waals surface area contributed by atoms with Crippen molar-refractivity contribution in [3.05, 3.63) is 58.7 Å². The van der Waals surface area contributed by atoms with Gasteiger partial charge in [0.1, 0.15) is 17.8 Å². The fourth-order valence-electron chi connectivity index (χ4n) is 1.70. The van der Waals surface area contributed by atoms with Crippen LogP contribution in [0, 0.1) is 20.8 Å². The summed E-state index contributed by atoms with van der Waals surface area (Å²) >= 11 is 0. The zero-order valence-corrected chi connectivity index (χ0v) is 10.9. The van der Waals surface area contributed by atoms with Gasteiger partial charge >= 0.3 is 0 Å². The van der Waals surface area contributed by atoms with Gasteiger partial charge in [-0.05, 0) is 55.7 Å². The number of ether oxygens (including phenoxy) is 1. The Labute approximate surface area is 107 Å². The van der Waals surface area contributed by atoms with Gasteiger partial charge in [-0.25, -0.2) is 0 Å². The summed E-state index contributed by atoms with van der Waals surface area (Å²) in [6.07, 6.45) is 0.826. The van der Waals surface area contributed by atoms with E-state index in [1.807, 2.05) is 31.2 Å². The largest absolute Gasteiger partial charge is 0.457 e. The Hall–Kier alpha value is -2.09. The van der Waals surface area contributed by atoms with Gasteiger partial charge in [-0.3, -0.25) is 4.79 Å². The summed E-state index contributed by atoms with van der Waals surface area (Å²) in [5, 5.41) is 0. The highest BCUT2D eigenvalue weighted by Crippen LogP contribution is 2.27. The molecule has 0 N–H and O–H groups in total. The average molecular weight is 240 g/mol. The summed E-state index contributed by atoms with van der Waals surface area (Å²) in [4.78, 5) is 10.8. The van der Waals surface area contributed by atoms with Crippen LogP contribution in [0.3, 0.4) is 0 Å². The Bertz CT molecular complexity index is 586. The van der Waals surface area contributed by atoms with Crippen LogP contribution in [0.2, 0.25) is 0 Å². The lowest BCUT2D eigenvalue weighted by Gasteiger charge is -2.10. The third-order valence-corrected chi connectivity index (χ3v) is 3.05. The van der Waals surface area contributed by atoms with Crippen LogP contribution in [0.25, 0.3) is 0 Å². The summed E-state index contributed by atoms with van der Waals surface area (Å²) in [5.41, 5.74) is 4.07. The minimum atomic E-state index is 0.624. The summed E-state index contributed by atoms with van der Waals surface area (Å²) < 4.78 is 5.83. The van der Waals surface area contributed by atoms with Gasteiger partial charge in [-0.15, -0.1) is 0 Å². The number of benzene rings is 2. The smallest absolute Gasteiger partial charge is 0.150 e. The predicted octanol–water partition coefficient (Wildman–Crippen LogP) is 4.22.